The van der Waals surface area contributed by atoms with E-state index >= 15 is 0 Å². The molecule has 0 aromatic carbocycles. The molecule has 1 aliphatic carbocycles. The van der Waals surface area contributed by atoms with Crippen molar-refractivity contribution in [1.82, 2.24) is 4.98 Å². The fourth-order valence-corrected chi connectivity index (χ4v) is 2.69. The van der Waals surface area contributed by atoms with Crippen molar-refractivity contribution in [2.75, 3.05) is 5.32 Å². The lowest BCUT2D eigenvalue weighted by Gasteiger charge is -2.22. The zero-order valence-corrected chi connectivity index (χ0v) is 12.1. The molecule has 0 atom stereocenters. The van der Waals surface area contributed by atoms with Gasteiger partial charge in [-0.05, 0) is 47.3 Å². The zero-order chi connectivity index (χ0) is 12.1. The van der Waals surface area contributed by atoms with Crippen LogP contribution in [0.5, 0.6) is 0 Å². The van der Waals surface area contributed by atoms with Crippen molar-refractivity contribution in [2.24, 2.45) is 0 Å². The number of nitrogens with zero attached hydrogens (tertiary/aromatic N) is 1. The second-order valence-electron chi connectivity index (χ2n) is 5.02. The molecule has 0 radical (unpaired) electrons. The molecule has 1 saturated carbocycles. The fourth-order valence-electron chi connectivity index (χ4n) is 2.47. The molecule has 0 amide bonds. The van der Waals surface area contributed by atoms with E-state index in [9.17, 15) is 0 Å². The summed E-state index contributed by atoms with van der Waals surface area (Å²) in [5, 5.41) is 3.63. The fraction of sp³-hybridized carbons (Fsp3) is 0.643. The molecule has 1 aromatic heterocycles. The summed E-state index contributed by atoms with van der Waals surface area (Å²) in [7, 11) is 0. The number of hydrogen-bond acceptors (Lipinski definition) is 2. The number of anilines is 1. The molecule has 0 aliphatic heterocycles. The molecule has 1 aromatic rings. The van der Waals surface area contributed by atoms with Crippen molar-refractivity contribution in [3.8, 4) is 0 Å². The molecule has 1 N–H and O–H groups in total. The van der Waals surface area contributed by atoms with Crippen LogP contribution in [0.4, 0.5) is 5.69 Å². The van der Waals surface area contributed by atoms with E-state index in [1.54, 1.807) is 0 Å². The maximum atomic E-state index is 4.34. The summed E-state index contributed by atoms with van der Waals surface area (Å²) in [6.45, 7) is 2.08. The van der Waals surface area contributed by atoms with Gasteiger partial charge in [0.05, 0.1) is 11.9 Å². The predicted molar refractivity (Wildman–Crippen MR) is 76.4 cm³/mol. The van der Waals surface area contributed by atoms with E-state index in [-0.39, 0.29) is 0 Å². The first-order chi connectivity index (χ1) is 8.25. The molecule has 2 nitrogen and oxygen atoms in total. The summed E-state index contributed by atoms with van der Waals surface area (Å²) in [5.74, 6) is 0. The first-order valence-corrected chi connectivity index (χ1v) is 7.43. The Labute approximate surface area is 112 Å². The maximum absolute atomic E-state index is 4.34. The third kappa shape index (κ3) is 3.98. The predicted octanol–water partition coefficient (Wildman–Crippen LogP) is 4.68. The molecular weight excluding hydrogens is 276 g/mol. The Balaban J connectivity index is 1.95. The SMILES string of the molecule is Cc1cc(NC2CCCCCCC2)cnc1Br. The van der Waals surface area contributed by atoms with Gasteiger partial charge in [0.15, 0.2) is 0 Å². The lowest BCUT2D eigenvalue weighted by molar-refractivity contribution is 0.471. The summed E-state index contributed by atoms with van der Waals surface area (Å²) in [6, 6.07) is 2.81. The van der Waals surface area contributed by atoms with E-state index in [4.69, 9.17) is 0 Å². The van der Waals surface area contributed by atoms with Crippen molar-refractivity contribution in [1.29, 1.82) is 0 Å². The van der Waals surface area contributed by atoms with Crippen LogP contribution in [0.15, 0.2) is 16.9 Å². The Bertz CT molecular complexity index is 357. The Kier molecular flexibility index (Phi) is 4.84. The lowest BCUT2D eigenvalue weighted by atomic mass is 9.96. The minimum atomic E-state index is 0.637. The Morgan fingerprint density at radius 1 is 1.18 bits per heavy atom. The van der Waals surface area contributed by atoms with Crippen molar-refractivity contribution in [3.05, 3.63) is 22.4 Å². The number of rotatable bonds is 2. The van der Waals surface area contributed by atoms with Crippen molar-refractivity contribution in [2.45, 2.75) is 57.9 Å². The van der Waals surface area contributed by atoms with Crippen LogP contribution < -0.4 is 5.32 Å². The summed E-state index contributed by atoms with van der Waals surface area (Å²) in [4.78, 5) is 4.34. The van der Waals surface area contributed by atoms with E-state index in [0.29, 0.717) is 6.04 Å². The molecule has 0 unspecified atom stereocenters. The Hall–Kier alpha value is -0.570. The van der Waals surface area contributed by atoms with Crippen LogP contribution in [0.2, 0.25) is 0 Å². The van der Waals surface area contributed by atoms with E-state index in [1.807, 2.05) is 6.20 Å². The van der Waals surface area contributed by atoms with Gasteiger partial charge in [-0.3, -0.25) is 0 Å². The van der Waals surface area contributed by atoms with E-state index < -0.39 is 0 Å². The third-order valence-electron chi connectivity index (χ3n) is 3.49. The van der Waals surface area contributed by atoms with Gasteiger partial charge in [0.2, 0.25) is 0 Å². The first kappa shape index (κ1) is 12.9. The molecule has 1 heterocycles. The largest absolute Gasteiger partial charge is 0.381 e. The van der Waals surface area contributed by atoms with Crippen LogP contribution in [0.3, 0.4) is 0 Å². The molecule has 17 heavy (non-hydrogen) atoms. The number of nitrogens with one attached hydrogen (secondary N) is 1. The normalized spacial score (nSPS) is 18.5. The number of aromatic nitrogens is 1. The number of halogens is 1. The van der Waals surface area contributed by atoms with Gasteiger partial charge in [-0.15, -0.1) is 0 Å². The van der Waals surface area contributed by atoms with Crippen LogP contribution in [-0.4, -0.2) is 11.0 Å². The van der Waals surface area contributed by atoms with Crippen LogP contribution in [0.1, 0.15) is 50.5 Å². The highest BCUT2D eigenvalue weighted by atomic mass is 79.9. The molecular formula is C14H21BrN2. The number of pyridine rings is 1. The molecule has 1 fully saturated rings. The van der Waals surface area contributed by atoms with Gasteiger partial charge in [-0.25, -0.2) is 4.98 Å². The molecule has 1 aliphatic rings. The van der Waals surface area contributed by atoms with E-state index in [2.05, 4.69) is 39.2 Å². The smallest absolute Gasteiger partial charge is 0.109 e. The summed E-state index contributed by atoms with van der Waals surface area (Å²) >= 11 is 3.44. The topological polar surface area (TPSA) is 24.9 Å². The Morgan fingerprint density at radius 2 is 1.82 bits per heavy atom. The molecule has 0 spiro atoms. The quantitative estimate of drug-likeness (QED) is 0.802. The van der Waals surface area contributed by atoms with Crippen molar-refractivity contribution >= 4 is 21.6 Å². The number of hydrogen-bond donors (Lipinski definition) is 1. The third-order valence-corrected chi connectivity index (χ3v) is 4.32. The minimum Gasteiger partial charge on any atom is -0.381 e. The monoisotopic (exact) mass is 296 g/mol. The molecule has 0 saturated heterocycles. The van der Waals surface area contributed by atoms with Crippen molar-refractivity contribution < 1.29 is 0 Å². The second-order valence-corrected chi connectivity index (χ2v) is 5.77. The van der Waals surface area contributed by atoms with Gasteiger partial charge in [0.1, 0.15) is 4.60 Å². The first-order valence-electron chi connectivity index (χ1n) is 6.64. The average molecular weight is 297 g/mol. The van der Waals surface area contributed by atoms with Crippen molar-refractivity contribution in [3.63, 3.8) is 0 Å². The van der Waals surface area contributed by atoms with Gasteiger partial charge in [0, 0.05) is 6.04 Å². The standard InChI is InChI=1S/C14H21BrN2/c1-11-9-13(10-16-14(11)15)17-12-7-5-3-2-4-6-8-12/h9-10,12,17H,2-8H2,1H3. The van der Waals surface area contributed by atoms with Gasteiger partial charge >= 0.3 is 0 Å². The zero-order valence-electron chi connectivity index (χ0n) is 10.5. The highest BCUT2D eigenvalue weighted by molar-refractivity contribution is 9.10. The minimum absolute atomic E-state index is 0.637. The average Bonchev–Trinajstić information content (AvgIpc) is 2.27. The Morgan fingerprint density at radius 3 is 2.47 bits per heavy atom. The highest BCUT2D eigenvalue weighted by Crippen LogP contribution is 2.22. The van der Waals surface area contributed by atoms with Crippen LogP contribution in [0.25, 0.3) is 0 Å². The summed E-state index contributed by atoms with van der Waals surface area (Å²) in [6.07, 6.45) is 11.5. The maximum Gasteiger partial charge on any atom is 0.109 e. The van der Waals surface area contributed by atoms with E-state index in [1.165, 1.54) is 50.5 Å². The second kappa shape index (κ2) is 6.39. The van der Waals surface area contributed by atoms with Gasteiger partial charge in [-0.1, -0.05) is 32.1 Å². The molecule has 2 rings (SSSR count). The lowest BCUT2D eigenvalue weighted by Crippen LogP contribution is -2.20. The van der Waals surface area contributed by atoms with Crippen LogP contribution >= 0.6 is 15.9 Å². The molecule has 3 heteroatoms. The highest BCUT2D eigenvalue weighted by Gasteiger charge is 2.11. The van der Waals surface area contributed by atoms with Gasteiger partial charge < -0.3 is 5.32 Å². The van der Waals surface area contributed by atoms with Gasteiger partial charge in [0.25, 0.3) is 0 Å². The number of aryl methyl sites for hydroxylation is 1. The van der Waals surface area contributed by atoms with Gasteiger partial charge in [-0.2, -0.15) is 0 Å². The van der Waals surface area contributed by atoms with Crippen LogP contribution in [0, 0.1) is 6.92 Å². The molecule has 94 valence electrons. The molecule has 0 bridgehead atoms. The summed E-state index contributed by atoms with van der Waals surface area (Å²) < 4.78 is 0.945. The summed E-state index contributed by atoms with van der Waals surface area (Å²) in [5.41, 5.74) is 2.36. The van der Waals surface area contributed by atoms with Crippen LogP contribution in [-0.2, 0) is 0 Å². The van der Waals surface area contributed by atoms with E-state index in [0.717, 1.165) is 10.3 Å².